The lowest BCUT2D eigenvalue weighted by atomic mass is 10.0. The molecule has 1 N–H and O–H groups in total. The molecule has 2 heteroatoms. The zero-order valence-electron chi connectivity index (χ0n) is 11.4. The molecule has 1 atom stereocenters. The van der Waals surface area contributed by atoms with E-state index in [-0.39, 0.29) is 0 Å². The molecule has 0 fully saturated rings. The summed E-state index contributed by atoms with van der Waals surface area (Å²) in [4.78, 5) is 1.39. The second-order valence-corrected chi connectivity index (χ2v) is 5.65. The molecule has 0 spiro atoms. The average Bonchev–Trinajstić information content (AvgIpc) is 2.82. The van der Waals surface area contributed by atoms with Crippen LogP contribution in [0.25, 0.3) is 10.4 Å². The van der Waals surface area contributed by atoms with E-state index >= 15 is 0 Å². The second kappa shape index (κ2) is 6.17. The van der Waals surface area contributed by atoms with E-state index in [0.717, 1.165) is 6.54 Å². The van der Waals surface area contributed by atoms with Gasteiger partial charge in [-0.3, -0.25) is 0 Å². The number of hydrogen-bond acceptors (Lipinski definition) is 2. The number of nitrogens with one attached hydrogen (secondary N) is 1. The molecule has 0 bridgehead atoms. The van der Waals surface area contributed by atoms with E-state index in [0.29, 0.717) is 6.04 Å². The molecule has 18 heavy (non-hydrogen) atoms. The largest absolute Gasteiger partial charge is 0.310 e. The highest BCUT2D eigenvalue weighted by atomic mass is 32.1. The quantitative estimate of drug-likeness (QED) is 0.814. The standard InChI is InChI=1S/C16H21NS/c1-4-9-17-13(3)14-6-5-7-15(11-14)16-12(2)8-10-18-16/h5-8,10-11,13,17H,4,9H2,1-3H3. The normalized spacial score (nSPS) is 12.6. The van der Waals surface area contributed by atoms with Crippen molar-refractivity contribution in [2.24, 2.45) is 0 Å². The molecule has 0 saturated heterocycles. The molecule has 96 valence electrons. The maximum atomic E-state index is 3.54. The van der Waals surface area contributed by atoms with Crippen LogP contribution in [0.4, 0.5) is 0 Å². The van der Waals surface area contributed by atoms with Gasteiger partial charge in [-0.25, -0.2) is 0 Å². The van der Waals surface area contributed by atoms with Crippen LogP contribution < -0.4 is 5.32 Å². The van der Waals surface area contributed by atoms with Crippen molar-refractivity contribution in [2.45, 2.75) is 33.2 Å². The Hall–Kier alpha value is -1.12. The van der Waals surface area contributed by atoms with E-state index in [4.69, 9.17) is 0 Å². The van der Waals surface area contributed by atoms with Crippen LogP contribution in [0.3, 0.4) is 0 Å². The fourth-order valence-corrected chi connectivity index (χ4v) is 3.02. The molecule has 0 aliphatic heterocycles. The van der Waals surface area contributed by atoms with Gasteiger partial charge in [-0.1, -0.05) is 25.1 Å². The van der Waals surface area contributed by atoms with Crippen molar-refractivity contribution < 1.29 is 0 Å². The van der Waals surface area contributed by atoms with Gasteiger partial charge in [-0.05, 0) is 61.0 Å². The van der Waals surface area contributed by atoms with Gasteiger partial charge in [0.05, 0.1) is 0 Å². The Bertz CT molecular complexity index is 501. The van der Waals surface area contributed by atoms with E-state index in [1.54, 1.807) is 0 Å². The third kappa shape index (κ3) is 3.01. The van der Waals surface area contributed by atoms with Gasteiger partial charge in [0.1, 0.15) is 0 Å². The molecule has 1 nitrogen and oxygen atoms in total. The monoisotopic (exact) mass is 259 g/mol. The number of hydrogen-bond donors (Lipinski definition) is 1. The molecular weight excluding hydrogens is 238 g/mol. The van der Waals surface area contributed by atoms with Crippen LogP contribution in [0.2, 0.25) is 0 Å². The van der Waals surface area contributed by atoms with Crippen LogP contribution in [0, 0.1) is 6.92 Å². The molecule has 0 amide bonds. The zero-order chi connectivity index (χ0) is 13.0. The topological polar surface area (TPSA) is 12.0 Å². The van der Waals surface area contributed by atoms with Crippen LogP contribution in [0.5, 0.6) is 0 Å². The molecule has 0 aliphatic carbocycles. The lowest BCUT2D eigenvalue weighted by molar-refractivity contribution is 0.571. The average molecular weight is 259 g/mol. The highest BCUT2D eigenvalue weighted by molar-refractivity contribution is 7.13. The van der Waals surface area contributed by atoms with Gasteiger partial charge in [0.2, 0.25) is 0 Å². The van der Waals surface area contributed by atoms with Crippen LogP contribution in [-0.4, -0.2) is 6.54 Å². The first-order valence-electron chi connectivity index (χ1n) is 6.60. The highest BCUT2D eigenvalue weighted by Gasteiger charge is 2.07. The van der Waals surface area contributed by atoms with Crippen LogP contribution in [0.1, 0.15) is 37.4 Å². The van der Waals surface area contributed by atoms with Crippen molar-refractivity contribution in [3.8, 4) is 10.4 Å². The highest BCUT2D eigenvalue weighted by Crippen LogP contribution is 2.30. The summed E-state index contributed by atoms with van der Waals surface area (Å²) in [5.41, 5.74) is 4.07. The van der Waals surface area contributed by atoms with Crippen LogP contribution >= 0.6 is 11.3 Å². The molecule has 0 saturated carbocycles. The van der Waals surface area contributed by atoms with Gasteiger partial charge < -0.3 is 5.32 Å². The number of thiophene rings is 1. The summed E-state index contributed by atoms with van der Waals surface area (Å²) < 4.78 is 0. The maximum absolute atomic E-state index is 3.54. The Morgan fingerprint density at radius 3 is 2.78 bits per heavy atom. The summed E-state index contributed by atoms with van der Waals surface area (Å²) in [6, 6.07) is 11.5. The predicted molar refractivity (Wildman–Crippen MR) is 81.2 cm³/mol. The first-order valence-corrected chi connectivity index (χ1v) is 7.48. The third-order valence-electron chi connectivity index (χ3n) is 3.21. The maximum Gasteiger partial charge on any atom is 0.0371 e. The Balaban J connectivity index is 2.22. The smallest absolute Gasteiger partial charge is 0.0371 e. The predicted octanol–water partition coefficient (Wildman–Crippen LogP) is 4.78. The summed E-state index contributed by atoms with van der Waals surface area (Å²) in [6.45, 7) is 7.68. The molecule has 0 radical (unpaired) electrons. The zero-order valence-corrected chi connectivity index (χ0v) is 12.2. The second-order valence-electron chi connectivity index (χ2n) is 4.73. The molecule has 1 aromatic carbocycles. The van der Waals surface area contributed by atoms with Crippen LogP contribution in [-0.2, 0) is 0 Å². The molecule has 0 aliphatic rings. The minimum absolute atomic E-state index is 0.421. The molecule has 1 aromatic heterocycles. The minimum Gasteiger partial charge on any atom is -0.310 e. The van der Waals surface area contributed by atoms with Crippen molar-refractivity contribution in [3.63, 3.8) is 0 Å². The number of aryl methyl sites for hydroxylation is 1. The molecule has 2 rings (SSSR count). The molecule has 2 aromatic rings. The number of benzene rings is 1. The van der Waals surface area contributed by atoms with Gasteiger partial charge in [-0.2, -0.15) is 0 Å². The minimum atomic E-state index is 0.421. The fraction of sp³-hybridized carbons (Fsp3) is 0.375. The fourth-order valence-electron chi connectivity index (χ4n) is 2.10. The van der Waals surface area contributed by atoms with Gasteiger partial charge in [0.15, 0.2) is 0 Å². The third-order valence-corrected chi connectivity index (χ3v) is 4.28. The lowest BCUT2D eigenvalue weighted by Crippen LogP contribution is -2.19. The van der Waals surface area contributed by atoms with Gasteiger partial charge >= 0.3 is 0 Å². The van der Waals surface area contributed by atoms with Gasteiger partial charge in [0, 0.05) is 10.9 Å². The van der Waals surface area contributed by atoms with Crippen molar-refractivity contribution >= 4 is 11.3 Å². The van der Waals surface area contributed by atoms with E-state index in [1.165, 1.54) is 28.0 Å². The first-order chi connectivity index (χ1) is 8.72. The lowest BCUT2D eigenvalue weighted by Gasteiger charge is -2.14. The Morgan fingerprint density at radius 2 is 2.11 bits per heavy atom. The summed E-state index contributed by atoms with van der Waals surface area (Å²) >= 11 is 1.82. The van der Waals surface area contributed by atoms with Gasteiger partial charge in [0.25, 0.3) is 0 Å². The van der Waals surface area contributed by atoms with Crippen molar-refractivity contribution in [2.75, 3.05) is 6.54 Å². The van der Waals surface area contributed by atoms with Crippen molar-refractivity contribution in [1.82, 2.24) is 5.32 Å². The summed E-state index contributed by atoms with van der Waals surface area (Å²) in [5.74, 6) is 0. The first kappa shape index (κ1) is 13.3. The Kier molecular flexibility index (Phi) is 4.56. The van der Waals surface area contributed by atoms with Crippen molar-refractivity contribution in [3.05, 3.63) is 46.8 Å². The van der Waals surface area contributed by atoms with E-state index in [9.17, 15) is 0 Å². The van der Waals surface area contributed by atoms with E-state index in [1.807, 2.05) is 11.3 Å². The molecular formula is C16H21NS. The van der Waals surface area contributed by atoms with E-state index in [2.05, 4.69) is 61.8 Å². The summed E-state index contributed by atoms with van der Waals surface area (Å²) in [6.07, 6.45) is 1.17. The Morgan fingerprint density at radius 1 is 1.28 bits per heavy atom. The van der Waals surface area contributed by atoms with Crippen molar-refractivity contribution in [1.29, 1.82) is 0 Å². The SMILES string of the molecule is CCCNC(C)c1cccc(-c2sccc2C)c1. The Labute approximate surface area is 114 Å². The number of rotatable bonds is 5. The van der Waals surface area contributed by atoms with E-state index < -0.39 is 0 Å². The van der Waals surface area contributed by atoms with Gasteiger partial charge in [-0.15, -0.1) is 11.3 Å². The summed E-state index contributed by atoms with van der Waals surface area (Å²) in [5, 5.41) is 5.70. The molecule has 1 heterocycles. The summed E-state index contributed by atoms with van der Waals surface area (Å²) in [7, 11) is 0. The molecule has 1 unspecified atom stereocenters. The van der Waals surface area contributed by atoms with Crippen LogP contribution in [0.15, 0.2) is 35.7 Å².